The van der Waals surface area contributed by atoms with Crippen LogP contribution in [0.25, 0.3) is 0 Å². The highest BCUT2D eigenvalue weighted by atomic mass is 16.4. The number of hydrogen-bond donors (Lipinski definition) is 2. The maximum atomic E-state index is 11.8. The SMILES string of the molecule is CCC(CC(C)(C)C(=O)O)C(=O)NC(C)C. The van der Waals surface area contributed by atoms with Crippen molar-refractivity contribution < 1.29 is 14.7 Å². The second kappa shape index (κ2) is 5.87. The van der Waals surface area contributed by atoms with Crippen molar-refractivity contribution in [3.05, 3.63) is 0 Å². The van der Waals surface area contributed by atoms with Gasteiger partial charge in [-0.1, -0.05) is 6.92 Å². The minimum Gasteiger partial charge on any atom is -0.481 e. The Morgan fingerprint density at radius 2 is 1.81 bits per heavy atom. The van der Waals surface area contributed by atoms with Gasteiger partial charge in [-0.2, -0.15) is 0 Å². The van der Waals surface area contributed by atoms with E-state index in [2.05, 4.69) is 5.32 Å². The molecule has 4 heteroatoms. The molecule has 2 N–H and O–H groups in total. The summed E-state index contributed by atoms with van der Waals surface area (Å²) < 4.78 is 0. The number of carbonyl (C=O) groups excluding carboxylic acids is 1. The fourth-order valence-electron chi connectivity index (χ4n) is 1.53. The maximum absolute atomic E-state index is 11.8. The molecule has 0 heterocycles. The van der Waals surface area contributed by atoms with Gasteiger partial charge in [0.15, 0.2) is 0 Å². The molecule has 16 heavy (non-hydrogen) atoms. The predicted octanol–water partition coefficient (Wildman–Crippen LogP) is 2.04. The first-order valence-corrected chi connectivity index (χ1v) is 5.74. The van der Waals surface area contributed by atoms with E-state index in [1.54, 1.807) is 13.8 Å². The molecule has 0 aromatic carbocycles. The Hall–Kier alpha value is -1.06. The molecule has 0 aromatic heterocycles. The Morgan fingerprint density at radius 3 is 2.12 bits per heavy atom. The minimum absolute atomic E-state index is 0.0492. The summed E-state index contributed by atoms with van der Waals surface area (Å²) in [4.78, 5) is 22.8. The maximum Gasteiger partial charge on any atom is 0.309 e. The van der Waals surface area contributed by atoms with Crippen LogP contribution in [0.2, 0.25) is 0 Å². The molecule has 0 aliphatic rings. The molecule has 0 aromatic rings. The number of carbonyl (C=O) groups is 2. The number of nitrogens with one attached hydrogen (secondary N) is 1. The molecule has 0 fully saturated rings. The number of carboxylic acid groups (broad SMARTS) is 1. The number of hydrogen-bond acceptors (Lipinski definition) is 2. The number of carboxylic acids is 1. The van der Waals surface area contributed by atoms with Crippen LogP contribution in [0.1, 0.15) is 47.5 Å². The summed E-state index contributed by atoms with van der Waals surface area (Å²) in [5, 5.41) is 11.8. The van der Waals surface area contributed by atoms with Crippen molar-refractivity contribution in [1.82, 2.24) is 5.32 Å². The van der Waals surface area contributed by atoms with Gasteiger partial charge in [-0.15, -0.1) is 0 Å². The standard InChI is InChI=1S/C12H23NO3/c1-6-9(10(14)13-8(2)3)7-12(4,5)11(15)16/h8-9H,6-7H2,1-5H3,(H,13,14)(H,15,16). The summed E-state index contributed by atoms with van der Waals surface area (Å²) in [6, 6.07) is 0.0921. The lowest BCUT2D eigenvalue weighted by Gasteiger charge is -2.25. The van der Waals surface area contributed by atoms with E-state index in [0.29, 0.717) is 12.8 Å². The molecule has 0 radical (unpaired) electrons. The zero-order valence-electron chi connectivity index (χ0n) is 10.8. The molecule has 0 spiro atoms. The molecule has 94 valence electrons. The first kappa shape index (κ1) is 14.9. The fourth-order valence-corrected chi connectivity index (χ4v) is 1.53. The molecule has 0 aliphatic heterocycles. The third kappa shape index (κ3) is 4.64. The minimum atomic E-state index is -0.858. The molecular weight excluding hydrogens is 206 g/mol. The molecule has 4 nitrogen and oxygen atoms in total. The summed E-state index contributed by atoms with van der Waals surface area (Å²) in [6.07, 6.45) is 1.03. The summed E-state index contributed by atoms with van der Waals surface area (Å²) in [5.41, 5.74) is -0.852. The van der Waals surface area contributed by atoms with Crippen molar-refractivity contribution in [3.8, 4) is 0 Å². The predicted molar refractivity (Wildman–Crippen MR) is 63.1 cm³/mol. The molecule has 0 aliphatic carbocycles. The van der Waals surface area contributed by atoms with Gasteiger partial charge in [0.05, 0.1) is 5.41 Å². The van der Waals surface area contributed by atoms with Crippen LogP contribution in [0.15, 0.2) is 0 Å². The van der Waals surface area contributed by atoms with E-state index in [0.717, 1.165) is 0 Å². The normalized spacial score (nSPS) is 13.6. The van der Waals surface area contributed by atoms with Gasteiger partial charge in [0, 0.05) is 12.0 Å². The van der Waals surface area contributed by atoms with Crippen molar-refractivity contribution >= 4 is 11.9 Å². The smallest absolute Gasteiger partial charge is 0.309 e. The highest BCUT2D eigenvalue weighted by Crippen LogP contribution is 2.27. The van der Waals surface area contributed by atoms with Crippen molar-refractivity contribution in [2.24, 2.45) is 11.3 Å². The summed E-state index contributed by atoms with van der Waals surface area (Å²) in [7, 11) is 0. The lowest BCUT2D eigenvalue weighted by molar-refractivity contribution is -0.148. The van der Waals surface area contributed by atoms with E-state index < -0.39 is 11.4 Å². The Morgan fingerprint density at radius 1 is 1.31 bits per heavy atom. The quantitative estimate of drug-likeness (QED) is 0.732. The zero-order valence-corrected chi connectivity index (χ0v) is 10.8. The van der Waals surface area contributed by atoms with Crippen LogP contribution in [-0.2, 0) is 9.59 Å². The Bertz CT molecular complexity index is 259. The molecule has 0 saturated heterocycles. The van der Waals surface area contributed by atoms with Crippen LogP contribution in [0.4, 0.5) is 0 Å². The van der Waals surface area contributed by atoms with E-state index in [-0.39, 0.29) is 17.9 Å². The highest BCUT2D eigenvalue weighted by molar-refractivity contribution is 5.80. The van der Waals surface area contributed by atoms with Gasteiger partial charge in [0.25, 0.3) is 0 Å². The average molecular weight is 229 g/mol. The van der Waals surface area contributed by atoms with E-state index >= 15 is 0 Å². The van der Waals surface area contributed by atoms with Gasteiger partial charge in [-0.3, -0.25) is 9.59 Å². The molecule has 1 unspecified atom stereocenters. The van der Waals surface area contributed by atoms with Crippen LogP contribution in [0.5, 0.6) is 0 Å². The molecule has 1 amide bonds. The molecule has 1 atom stereocenters. The molecule has 0 rings (SSSR count). The van der Waals surface area contributed by atoms with Crippen molar-refractivity contribution in [2.75, 3.05) is 0 Å². The second-order valence-electron chi connectivity index (χ2n) is 5.16. The van der Waals surface area contributed by atoms with Crippen LogP contribution < -0.4 is 5.32 Å². The monoisotopic (exact) mass is 229 g/mol. The largest absolute Gasteiger partial charge is 0.481 e. The Labute approximate surface area is 97.4 Å². The highest BCUT2D eigenvalue weighted by Gasteiger charge is 2.32. The number of amides is 1. The van der Waals surface area contributed by atoms with E-state index in [1.807, 2.05) is 20.8 Å². The zero-order chi connectivity index (χ0) is 12.9. The average Bonchev–Trinajstić information content (AvgIpc) is 2.12. The lowest BCUT2D eigenvalue weighted by Crippen LogP contribution is -2.38. The lowest BCUT2D eigenvalue weighted by atomic mass is 9.81. The number of rotatable bonds is 6. The first-order valence-electron chi connectivity index (χ1n) is 5.74. The van der Waals surface area contributed by atoms with Crippen molar-refractivity contribution in [3.63, 3.8) is 0 Å². The Balaban J connectivity index is 4.52. The first-order chi connectivity index (χ1) is 7.20. The molecule has 0 bridgehead atoms. The van der Waals surface area contributed by atoms with Gasteiger partial charge in [0.2, 0.25) is 5.91 Å². The van der Waals surface area contributed by atoms with Crippen LogP contribution >= 0.6 is 0 Å². The van der Waals surface area contributed by atoms with E-state index in [4.69, 9.17) is 5.11 Å². The van der Waals surface area contributed by atoms with Gasteiger partial charge in [-0.25, -0.2) is 0 Å². The second-order valence-corrected chi connectivity index (χ2v) is 5.16. The number of aliphatic carboxylic acids is 1. The Kier molecular flexibility index (Phi) is 5.48. The van der Waals surface area contributed by atoms with Gasteiger partial charge in [-0.05, 0) is 40.5 Å². The van der Waals surface area contributed by atoms with Crippen LogP contribution in [-0.4, -0.2) is 23.0 Å². The van der Waals surface area contributed by atoms with E-state index in [1.165, 1.54) is 0 Å². The summed E-state index contributed by atoms with van der Waals surface area (Å²) in [6.45, 7) is 9.00. The topological polar surface area (TPSA) is 66.4 Å². The van der Waals surface area contributed by atoms with Crippen molar-refractivity contribution in [2.45, 2.75) is 53.5 Å². The van der Waals surface area contributed by atoms with Crippen LogP contribution in [0.3, 0.4) is 0 Å². The van der Waals surface area contributed by atoms with Gasteiger partial charge >= 0.3 is 5.97 Å². The summed E-state index contributed by atoms with van der Waals surface area (Å²) in [5.74, 6) is -1.14. The molecular formula is C12H23NO3. The third-order valence-electron chi connectivity index (χ3n) is 2.63. The van der Waals surface area contributed by atoms with Gasteiger partial charge in [0.1, 0.15) is 0 Å². The summed E-state index contributed by atoms with van der Waals surface area (Å²) >= 11 is 0. The van der Waals surface area contributed by atoms with E-state index in [9.17, 15) is 9.59 Å². The van der Waals surface area contributed by atoms with Crippen molar-refractivity contribution in [1.29, 1.82) is 0 Å². The fraction of sp³-hybridized carbons (Fsp3) is 0.833. The third-order valence-corrected chi connectivity index (χ3v) is 2.63. The molecule has 0 saturated carbocycles. The van der Waals surface area contributed by atoms with Crippen LogP contribution in [0, 0.1) is 11.3 Å². The van der Waals surface area contributed by atoms with Gasteiger partial charge < -0.3 is 10.4 Å².